The van der Waals surface area contributed by atoms with Gasteiger partial charge in [-0.05, 0) is 73.4 Å². The predicted molar refractivity (Wildman–Crippen MR) is 87.5 cm³/mol. The Morgan fingerprint density at radius 1 is 1.45 bits per heavy atom. The number of hydrogen-bond acceptors (Lipinski definition) is 3. The summed E-state index contributed by atoms with van der Waals surface area (Å²) in [6.07, 6.45) is 7.33. The van der Waals surface area contributed by atoms with Crippen molar-refractivity contribution >= 4 is 11.3 Å². The maximum Gasteiger partial charge on any atom is 0.0831 e. The summed E-state index contributed by atoms with van der Waals surface area (Å²) < 4.78 is 6.05. The lowest BCUT2D eigenvalue weighted by Crippen LogP contribution is -2.54. The van der Waals surface area contributed by atoms with Crippen molar-refractivity contribution in [2.45, 2.75) is 64.0 Å². The summed E-state index contributed by atoms with van der Waals surface area (Å²) >= 11 is 1.79. The highest BCUT2D eigenvalue weighted by molar-refractivity contribution is 7.07. The monoisotopic (exact) mass is 295 g/mol. The molecule has 1 saturated carbocycles. The number of likely N-dealkylation sites (N-methyl/N-ethyl adjacent to an activating group) is 1. The molecule has 0 saturated heterocycles. The van der Waals surface area contributed by atoms with E-state index in [1.807, 2.05) is 7.11 Å². The zero-order valence-electron chi connectivity index (χ0n) is 13.2. The number of aryl methyl sites for hydroxylation is 1. The molecule has 1 aromatic heterocycles. The highest BCUT2D eigenvalue weighted by Crippen LogP contribution is 2.38. The van der Waals surface area contributed by atoms with E-state index in [0.717, 1.165) is 18.9 Å². The Balaban J connectivity index is 2.01. The van der Waals surface area contributed by atoms with Gasteiger partial charge in [-0.1, -0.05) is 13.8 Å². The first-order valence-electron chi connectivity index (χ1n) is 8.00. The highest BCUT2D eigenvalue weighted by atomic mass is 32.1. The Morgan fingerprint density at radius 2 is 2.20 bits per heavy atom. The van der Waals surface area contributed by atoms with Crippen LogP contribution in [0.25, 0.3) is 0 Å². The Hall–Kier alpha value is -0.380. The van der Waals surface area contributed by atoms with E-state index in [0.29, 0.717) is 6.04 Å². The van der Waals surface area contributed by atoms with E-state index in [-0.39, 0.29) is 5.60 Å². The topological polar surface area (TPSA) is 21.3 Å². The van der Waals surface area contributed by atoms with Gasteiger partial charge in [-0.3, -0.25) is 0 Å². The molecule has 1 aromatic rings. The van der Waals surface area contributed by atoms with Crippen LogP contribution in [0.1, 0.15) is 51.5 Å². The first-order valence-corrected chi connectivity index (χ1v) is 8.94. The summed E-state index contributed by atoms with van der Waals surface area (Å²) in [6.45, 7) is 5.59. The zero-order valence-corrected chi connectivity index (χ0v) is 14.0. The third-order valence-corrected chi connectivity index (χ3v) is 5.65. The molecule has 0 bridgehead atoms. The molecule has 2 nitrogen and oxygen atoms in total. The van der Waals surface area contributed by atoms with Crippen molar-refractivity contribution < 1.29 is 4.74 Å². The van der Waals surface area contributed by atoms with E-state index in [1.54, 1.807) is 11.3 Å². The molecule has 1 atom stereocenters. The van der Waals surface area contributed by atoms with E-state index in [9.17, 15) is 0 Å². The number of thiophene rings is 1. The summed E-state index contributed by atoms with van der Waals surface area (Å²) in [7, 11) is 1.91. The van der Waals surface area contributed by atoms with Crippen LogP contribution in [0.2, 0.25) is 0 Å². The smallest absolute Gasteiger partial charge is 0.0831 e. The van der Waals surface area contributed by atoms with Crippen LogP contribution in [0.5, 0.6) is 0 Å². The van der Waals surface area contributed by atoms with Gasteiger partial charge in [0.1, 0.15) is 0 Å². The number of rotatable bonds is 7. The molecule has 1 aliphatic carbocycles. The summed E-state index contributed by atoms with van der Waals surface area (Å²) in [5, 5.41) is 8.14. The van der Waals surface area contributed by atoms with Crippen LogP contribution in [0.3, 0.4) is 0 Å². The van der Waals surface area contributed by atoms with Gasteiger partial charge < -0.3 is 10.1 Å². The average Bonchev–Trinajstić information content (AvgIpc) is 2.98. The first kappa shape index (κ1) is 16.0. The van der Waals surface area contributed by atoms with Crippen molar-refractivity contribution in [1.29, 1.82) is 0 Å². The first-order chi connectivity index (χ1) is 9.70. The van der Waals surface area contributed by atoms with Gasteiger partial charge in [-0.15, -0.1) is 0 Å². The molecule has 20 heavy (non-hydrogen) atoms. The van der Waals surface area contributed by atoms with Gasteiger partial charge in [-0.2, -0.15) is 11.3 Å². The maximum atomic E-state index is 6.05. The lowest BCUT2D eigenvalue weighted by molar-refractivity contribution is -0.0760. The van der Waals surface area contributed by atoms with E-state index >= 15 is 0 Å². The molecule has 114 valence electrons. The number of nitrogens with one attached hydrogen (secondary N) is 1. The largest absolute Gasteiger partial charge is 0.377 e. The van der Waals surface area contributed by atoms with Crippen LogP contribution in [0.15, 0.2) is 16.8 Å². The van der Waals surface area contributed by atoms with Crippen LogP contribution >= 0.6 is 11.3 Å². The second-order valence-electron chi connectivity index (χ2n) is 6.23. The quantitative estimate of drug-likeness (QED) is 0.812. The predicted octanol–water partition coefficient (Wildman–Crippen LogP) is 4.25. The Morgan fingerprint density at radius 3 is 2.75 bits per heavy atom. The zero-order chi connectivity index (χ0) is 14.4. The maximum absolute atomic E-state index is 6.05. The van der Waals surface area contributed by atoms with Crippen molar-refractivity contribution in [2.24, 2.45) is 5.92 Å². The molecule has 0 aliphatic heterocycles. The third kappa shape index (κ3) is 3.84. The fraction of sp³-hybridized carbons (Fsp3) is 0.765. The molecule has 3 heteroatoms. The van der Waals surface area contributed by atoms with Crippen LogP contribution < -0.4 is 5.32 Å². The molecule has 1 N–H and O–H groups in total. The third-order valence-electron chi connectivity index (χ3n) is 4.91. The van der Waals surface area contributed by atoms with Gasteiger partial charge in [0.15, 0.2) is 0 Å². The van der Waals surface area contributed by atoms with Gasteiger partial charge in [0.05, 0.1) is 5.60 Å². The fourth-order valence-electron chi connectivity index (χ4n) is 3.49. The minimum atomic E-state index is 0.0541. The molecular formula is C17H29NOS. The number of ether oxygens (including phenoxy) is 1. The molecule has 1 unspecified atom stereocenters. The van der Waals surface area contributed by atoms with E-state index < -0.39 is 0 Å². The van der Waals surface area contributed by atoms with Crippen molar-refractivity contribution in [3.05, 3.63) is 22.4 Å². The van der Waals surface area contributed by atoms with E-state index in [4.69, 9.17) is 4.74 Å². The van der Waals surface area contributed by atoms with E-state index in [1.165, 1.54) is 37.7 Å². The van der Waals surface area contributed by atoms with Gasteiger partial charge in [0.2, 0.25) is 0 Å². The van der Waals surface area contributed by atoms with Gasteiger partial charge in [-0.25, -0.2) is 0 Å². The molecule has 0 aromatic carbocycles. The molecule has 0 amide bonds. The Bertz CT molecular complexity index is 368. The molecular weight excluding hydrogens is 266 g/mol. The van der Waals surface area contributed by atoms with Crippen molar-refractivity contribution in [3.8, 4) is 0 Å². The molecule has 1 heterocycles. The standard InChI is InChI=1S/C17H29NOS/c1-4-18-16(6-5-15-9-12-20-13-15)17(19-3)10-7-14(2)8-11-17/h9,12-14,16,18H,4-8,10-11H2,1-3H3. The summed E-state index contributed by atoms with van der Waals surface area (Å²) in [5.41, 5.74) is 1.52. The van der Waals surface area contributed by atoms with Crippen LogP contribution in [-0.2, 0) is 11.2 Å². The molecule has 1 aliphatic rings. The second kappa shape index (κ2) is 7.58. The van der Waals surface area contributed by atoms with Gasteiger partial charge in [0, 0.05) is 13.2 Å². The Labute approximate surface area is 127 Å². The molecule has 1 fully saturated rings. The highest BCUT2D eigenvalue weighted by Gasteiger charge is 2.40. The summed E-state index contributed by atoms with van der Waals surface area (Å²) in [6, 6.07) is 2.72. The number of methoxy groups -OCH3 is 1. The molecule has 0 spiro atoms. The van der Waals surface area contributed by atoms with Gasteiger partial charge >= 0.3 is 0 Å². The minimum absolute atomic E-state index is 0.0541. The molecule has 0 radical (unpaired) electrons. The van der Waals surface area contributed by atoms with Crippen LogP contribution in [0.4, 0.5) is 0 Å². The lowest BCUT2D eigenvalue weighted by Gasteiger charge is -2.44. The van der Waals surface area contributed by atoms with E-state index in [2.05, 4.69) is 36.0 Å². The average molecular weight is 295 g/mol. The summed E-state index contributed by atoms with van der Waals surface area (Å²) in [4.78, 5) is 0. The second-order valence-corrected chi connectivity index (χ2v) is 7.01. The van der Waals surface area contributed by atoms with Crippen molar-refractivity contribution in [1.82, 2.24) is 5.32 Å². The van der Waals surface area contributed by atoms with Crippen molar-refractivity contribution in [3.63, 3.8) is 0 Å². The summed E-state index contributed by atoms with van der Waals surface area (Å²) in [5.74, 6) is 0.859. The van der Waals surface area contributed by atoms with Gasteiger partial charge in [0.25, 0.3) is 0 Å². The molecule has 2 rings (SSSR count). The normalized spacial score (nSPS) is 28.4. The fourth-order valence-corrected chi connectivity index (χ4v) is 4.19. The number of hydrogen-bond donors (Lipinski definition) is 1. The van der Waals surface area contributed by atoms with Crippen LogP contribution in [-0.4, -0.2) is 25.3 Å². The lowest BCUT2D eigenvalue weighted by atomic mass is 9.74. The minimum Gasteiger partial charge on any atom is -0.377 e. The van der Waals surface area contributed by atoms with Crippen LogP contribution in [0, 0.1) is 5.92 Å². The Kier molecular flexibility index (Phi) is 6.06. The van der Waals surface area contributed by atoms with Crippen molar-refractivity contribution in [2.75, 3.05) is 13.7 Å². The SMILES string of the molecule is CCNC(CCc1ccsc1)C1(OC)CCC(C)CC1.